The molecule has 0 saturated heterocycles. The van der Waals surface area contributed by atoms with Crippen LogP contribution in [0.5, 0.6) is 0 Å². The number of hydrazone groups is 1. The predicted molar refractivity (Wildman–Crippen MR) is 131 cm³/mol. The number of hydrogen-bond donors (Lipinski definition) is 2. The Kier molecular flexibility index (Phi) is 5.42. The summed E-state index contributed by atoms with van der Waals surface area (Å²) in [5, 5.41) is 7.97. The molecule has 162 valence electrons. The summed E-state index contributed by atoms with van der Waals surface area (Å²) < 4.78 is 2.41. The van der Waals surface area contributed by atoms with Gasteiger partial charge in [-0.2, -0.15) is 9.78 Å². The zero-order chi connectivity index (χ0) is 22.8. The summed E-state index contributed by atoms with van der Waals surface area (Å²) in [5.74, 6) is -0.349. The fourth-order valence-corrected chi connectivity index (χ4v) is 4.45. The smallest absolute Gasteiger partial charge is 0.283 e. The number of nitrogens with one attached hydrogen (secondary N) is 2. The number of benzene rings is 3. The van der Waals surface area contributed by atoms with Crippen LogP contribution in [0, 0.1) is 0 Å². The molecule has 0 fully saturated rings. The van der Waals surface area contributed by atoms with E-state index in [-0.39, 0.29) is 11.5 Å². The summed E-state index contributed by atoms with van der Waals surface area (Å²) in [4.78, 5) is 30.5. The molecule has 0 aliphatic heterocycles. The second-order valence-electron chi connectivity index (χ2n) is 7.34. The lowest BCUT2D eigenvalue weighted by Gasteiger charge is -2.04. The number of aromatic amines is 1. The van der Waals surface area contributed by atoms with Gasteiger partial charge in [-0.3, -0.25) is 14.7 Å². The van der Waals surface area contributed by atoms with E-state index in [1.54, 1.807) is 31.2 Å². The van der Waals surface area contributed by atoms with Crippen LogP contribution in [-0.2, 0) is 0 Å². The lowest BCUT2D eigenvalue weighted by molar-refractivity contribution is 0.0955. The van der Waals surface area contributed by atoms with Crippen molar-refractivity contribution in [3.63, 3.8) is 0 Å². The van der Waals surface area contributed by atoms with Crippen molar-refractivity contribution < 1.29 is 4.79 Å². The van der Waals surface area contributed by atoms with Gasteiger partial charge in [0.05, 0.1) is 27.2 Å². The first-order valence-corrected chi connectivity index (χ1v) is 11.1. The number of hydrogen-bond acceptors (Lipinski definition) is 5. The van der Waals surface area contributed by atoms with E-state index in [1.807, 2.05) is 60.7 Å². The fourth-order valence-electron chi connectivity index (χ4n) is 3.52. The number of para-hydroxylation sites is 1. The first-order chi connectivity index (χ1) is 16.1. The Morgan fingerprint density at radius 2 is 1.64 bits per heavy atom. The average molecular weight is 454 g/mol. The van der Waals surface area contributed by atoms with Crippen LogP contribution in [0.1, 0.15) is 22.8 Å². The first-order valence-electron chi connectivity index (χ1n) is 10.3. The Morgan fingerprint density at radius 1 is 0.970 bits per heavy atom. The molecule has 0 aliphatic rings. The Labute approximate surface area is 193 Å². The van der Waals surface area contributed by atoms with Gasteiger partial charge in [0, 0.05) is 11.1 Å². The molecule has 3 aromatic carbocycles. The minimum Gasteiger partial charge on any atom is -0.288 e. The van der Waals surface area contributed by atoms with Crippen LogP contribution in [0.4, 0.5) is 0 Å². The number of nitrogens with zero attached hydrogens (tertiary/aromatic N) is 3. The van der Waals surface area contributed by atoms with Crippen LogP contribution in [0.2, 0.25) is 0 Å². The molecule has 0 bridgehead atoms. The molecule has 8 heteroatoms. The molecule has 7 nitrogen and oxygen atoms in total. The molecule has 0 spiro atoms. The summed E-state index contributed by atoms with van der Waals surface area (Å²) in [7, 11) is 0. The van der Waals surface area contributed by atoms with E-state index in [0.29, 0.717) is 27.7 Å². The van der Waals surface area contributed by atoms with Crippen molar-refractivity contribution in [2.75, 3.05) is 0 Å². The number of thiazole rings is 1. The normalized spacial score (nSPS) is 11.6. The minimum absolute atomic E-state index is 0.289. The third kappa shape index (κ3) is 3.99. The standard InChI is InChI=1S/C25H19N5O2S/c1-16(27-28-23(31)18-12-6-3-7-13-18)21-22(17-10-4-2-5-11-17)29-30(24(21)32)25-26-19-14-8-9-15-20(19)33-25/h2-15,29H,1H3,(H,28,31)/b27-16+. The lowest BCUT2D eigenvalue weighted by atomic mass is 10.1. The largest absolute Gasteiger partial charge is 0.288 e. The van der Waals surface area contributed by atoms with E-state index in [9.17, 15) is 9.59 Å². The molecule has 2 N–H and O–H groups in total. The van der Waals surface area contributed by atoms with E-state index in [2.05, 4.69) is 20.6 Å². The van der Waals surface area contributed by atoms with Crippen molar-refractivity contribution >= 4 is 33.2 Å². The number of carbonyl (C=O) groups excluding carboxylic acids is 1. The maximum absolute atomic E-state index is 13.5. The van der Waals surface area contributed by atoms with Crippen molar-refractivity contribution in [2.24, 2.45) is 5.10 Å². The van der Waals surface area contributed by atoms with Crippen molar-refractivity contribution in [3.8, 4) is 16.4 Å². The van der Waals surface area contributed by atoms with Crippen LogP contribution in [0.15, 0.2) is 94.8 Å². The van der Waals surface area contributed by atoms with E-state index in [0.717, 1.165) is 15.8 Å². The zero-order valence-electron chi connectivity index (χ0n) is 17.6. The summed E-state index contributed by atoms with van der Waals surface area (Å²) in [5.41, 5.74) is 5.76. The molecule has 0 radical (unpaired) electrons. The number of rotatable bonds is 5. The highest BCUT2D eigenvalue weighted by Crippen LogP contribution is 2.26. The third-order valence-corrected chi connectivity index (χ3v) is 6.17. The molecule has 0 saturated carbocycles. The van der Waals surface area contributed by atoms with E-state index in [1.165, 1.54) is 16.0 Å². The molecule has 5 rings (SSSR count). The predicted octanol–water partition coefficient (Wildman–Crippen LogP) is 4.60. The van der Waals surface area contributed by atoms with Gasteiger partial charge >= 0.3 is 0 Å². The quantitative estimate of drug-likeness (QED) is 0.301. The maximum Gasteiger partial charge on any atom is 0.283 e. The van der Waals surface area contributed by atoms with Crippen molar-refractivity contribution in [1.29, 1.82) is 0 Å². The third-order valence-electron chi connectivity index (χ3n) is 5.15. The second-order valence-corrected chi connectivity index (χ2v) is 8.35. The van der Waals surface area contributed by atoms with Crippen LogP contribution in [0.25, 0.3) is 26.6 Å². The molecule has 2 aromatic heterocycles. The van der Waals surface area contributed by atoms with Crippen LogP contribution in [0.3, 0.4) is 0 Å². The van der Waals surface area contributed by atoms with Gasteiger partial charge in [0.25, 0.3) is 11.5 Å². The highest BCUT2D eigenvalue weighted by Gasteiger charge is 2.21. The van der Waals surface area contributed by atoms with Crippen LogP contribution >= 0.6 is 11.3 Å². The van der Waals surface area contributed by atoms with E-state index >= 15 is 0 Å². The fraction of sp³-hybridized carbons (Fsp3) is 0.0400. The van der Waals surface area contributed by atoms with Gasteiger partial charge in [-0.1, -0.05) is 72.0 Å². The molecule has 5 aromatic rings. The van der Waals surface area contributed by atoms with Gasteiger partial charge in [-0.25, -0.2) is 10.4 Å². The lowest BCUT2D eigenvalue weighted by Crippen LogP contribution is -2.23. The van der Waals surface area contributed by atoms with Gasteiger partial charge < -0.3 is 0 Å². The highest BCUT2D eigenvalue weighted by molar-refractivity contribution is 7.20. The van der Waals surface area contributed by atoms with Gasteiger partial charge in [0.2, 0.25) is 5.13 Å². The number of carbonyl (C=O) groups is 1. The SMILES string of the molecule is C/C(=N\NC(=O)c1ccccc1)c1c(-c2ccccc2)[nH]n(-c2nc3ccccc3s2)c1=O. The van der Waals surface area contributed by atoms with Crippen molar-refractivity contribution in [3.05, 3.63) is 106 Å². The Morgan fingerprint density at radius 3 is 2.36 bits per heavy atom. The summed E-state index contributed by atoms with van der Waals surface area (Å²) in [6.45, 7) is 1.70. The van der Waals surface area contributed by atoms with Crippen molar-refractivity contribution in [2.45, 2.75) is 6.92 Å². The second kappa shape index (κ2) is 8.68. The molecule has 33 heavy (non-hydrogen) atoms. The first kappa shape index (κ1) is 20.6. The Bertz CT molecular complexity index is 1500. The van der Waals surface area contributed by atoms with E-state index in [4.69, 9.17) is 0 Å². The zero-order valence-corrected chi connectivity index (χ0v) is 18.5. The summed E-state index contributed by atoms with van der Waals surface area (Å²) >= 11 is 1.42. The maximum atomic E-state index is 13.5. The topological polar surface area (TPSA) is 92.1 Å². The average Bonchev–Trinajstić information content (AvgIpc) is 3.44. The monoisotopic (exact) mass is 453 g/mol. The molecular weight excluding hydrogens is 434 g/mol. The molecule has 0 atom stereocenters. The Balaban J connectivity index is 1.59. The minimum atomic E-state index is -0.349. The summed E-state index contributed by atoms with van der Waals surface area (Å²) in [6, 6.07) is 26.1. The molecular formula is C25H19N5O2S. The molecule has 0 unspecified atom stereocenters. The van der Waals surface area contributed by atoms with Crippen LogP contribution < -0.4 is 11.0 Å². The number of aromatic nitrogens is 3. The van der Waals surface area contributed by atoms with E-state index < -0.39 is 0 Å². The molecule has 0 aliphatic carbocycles. The van der Waals surface area contributed by atoms with Gasteiger partial charge in [-0.05, 0) is 31.2 Å². The summed E-state index contributed by atoms with van der Waals surface area (Å²) in [6.07, 6.45) is 0. The van der Waals surface area contributed by atoms with Crippen LogP contribution in [-0.4, -0.2) is 26.4 Å². The molecule has 1 amide bonds. The van der Waals surface area contributed by atoms with Crippen molar-refractivity contribution in [1.82, 2.24) is 20.2 Å². The Hall–Kier alpha value is -4.30. The highest BCUT2D eigenvalue weighted by atomic mass is 32.1. The van der Waals surface area contributed by atoms with Gasteiger partial charge in [0.15, 0.2) is 0 Å². The van der Waals surface area contributed by atoms with Gasteiger partial charge in [0.1, 0.15) is 0 Å². The number of fused-ring (bicyclic) bond motifs is 1. The molecule has 2 heterocycles. The number of amides is 1. The van der Waals surface area contributed by atoms with Gasteiger partial charge in [-0.15, -0.1) is 0 Å². The number of H-pyrrole nitrogens is 1.